The second kappa shape index (κ2) is 9.83. The van der Waals surface area contributed by atoms with E-state index in [2.05, 4.69) is 0 Å². The number of likely N-dealkylation sites (N-methyl/N-ethyl adjacent to an activating group) is 2. The smallest absolute Gasteiger partial charge is 0.254 e. The Morgan fingerprint density at radius 2 is 1.14 bits per heavy atom. The maximum Gasteiger partial charge on any atom is 0.254 e. The summed E-state index contributed by atoms with van der Waals surface area (Å²) >= 11 is 0. The van der Waals surface area contributed by atoms with E-state index in [0.29, 0.717) is 22.4 Å². The second-order valence-corrected chi connectivity index (χ2v) is 7.08. The topological polar surface area (TPSA) is 148 Å². The van der Waals surface area contributed by atoms with Crippen molar-refractivity contribution in [2.24, 2.45) is 0 Å². The first-order valence-electron chi connectivity index (χ1n) is 8.95. The molecule has 0 spiro atoms. The first kappa shape index (κ1) is 23.8. The number of rotatable bonds is 8. The van der Waals surface area contributed by atoms with Gasteiger partial charge in [-0.2, -0.15) is 0 Å². The zero-order chi connectivity index (χ0) is 21.8. The zero-order valence-electron chi connectivity index (χ0n) is 17.1. The SMILES string of the molecule is Cc1c(N)c(C)c(C(=O)N(C)CC(O)CO)c(C)c1C(=O)N(C)CC(O)CO. The minimum Gasteiger partial charge on any atom is -0.398 e. The maximum absolute atomic E-state index is 12.9. The van der Waals surface area contributed by atoms with Crippen LogP contribution < -0.4 is 5.73 Å². The second-order valence-electron chi connectivity index (χ2n) is 7.08. The standard InChI is InChI=1S/C19H31N3O6/c1-10-15(18(27)21(4)6-13(25)8-23)11(2)17(20)12(3)16(10)19(28)22(5)7-14(26)9-24/h13-14,23-26H,6-9,20H2,1-5H3. The van der Waals surface area contributed by atoms with E-state index in [-0.39, 0.29) is 24.2 Å². The van der Waals surface area contributed by atoms with Gasteiger partial charge >= 0.3 is 0 Å². The van der Waals surface area contributed by atoms with E-state index in [4.69, 9.17) is 15.9 Å². The van der Waals surface area contributed by atoms with Crippen LogP contribution >= 0.6 is 0 Å². The van der Waals surface area contributed by atoms with Crippen LogP contribution in [-0.2, 0) is 0 Å². The minimum absolute atomic E-state index is 0.0755. The van der Waals surface area contributed by atoms with Crippen molar-refractivity contribution in [3.05, 3.63) is 27.8 Å². The van der Waals surface area contributed by atoms with Gasteiger partial charge in [0.1, 0.15) is 0 Å². The van der Waals surface area contributed by atoms with Crippen molar-refractivity contribution in [2.75, 3.05) is 46.1 Å². The number of aliphatic hydroxyl groups excluding tert-OH is 4. The number of nitrogens with zero attached hydrogens (tertiary/aromatic N) is 2. The van der Waals surface area contributed by atoms with Gasteiger partial charge in [0.05, 0.1) is 25.4 Å². The summed E-state index contributed by atoms with van der Waals surface area (Å²) in [4.78, 5) is 28.4. The number of benzene rings is 1. The van der Waals surface area contributed by atoms with E-state index in [9.17, 15) is 19.8 Å². The summed E-state index contributed by atoms with van der Waals surface area (Å²) in [5.74, 6) is -0.859. The van der Waals surface area contributed by atoms with Crippen molar-refractivity contribution in [2.45, 2.75) is 33.0 Å². The Labute approximate surface area is 165 Å². The Bertz CT molecular complexity index is 680. The number of nitrogens with two attached hydrogens (primary N) is 1. The molecule has 9 heteroatoms. The number of hydrogen-bond donors (Lipinski definition) is 5. The number of nitrogen functional groups attached to an aromatic ring is 1. The lowest BCUT2D eigenvalue weighted by Gasteiger charge is -2.26. The molecule has 9 nitrogen and oxygen atoms in total. The predicted molar refractivity (Wildman–Crippen MR) is 105 cm³/mol. The highest BCUT2D eigenvalue weighted by atomic mass is 16.3. The first-order chi connectivity index (χ1) is 13.0. The van der Waals surface area contributed by atoms with E-state index < -0.39 is 37.2 Å². The van der Waals surface area contributed by atoms with Gasteiger partial charge in [-0.15, -0.1) is 0 Å². The van der Waals surface area contributed by atoms with Gasteiger partial charge in [0.2, 0.25) is 0 Å². The normalized spacial score (nSPS) is 13.2. The van der Waals surface area contributed by atoms with Crippen LogP contribution in [-0.4, -0.2) is 94.6 Å². The Morgan fingerprint density at radius 1 is 0.821 bits per heavy atom. The van der Waals surface area contributed by atoms with Crippen LogP contribution in [0.3, 0.4) is 0 Å². The molecule has 1 rings (SSSR count). The summed E-state index contributed by atoms with van der Waals surface area (Å²) in [6, 6.07) is 0. The van der Waals surface area contributed by atoms with E-state index in [1.807, 2.05) is 0 Å². The molecule has 2 amide bonds. The molecule has 0 saturated heterocycles. The molecule has 28 heavy (non-hydrogen) atoms. The number of carbonyl (C=O) groups excluding carboxylic acids is 2. The highest BCUT2D eigenvalue weighted by Gasteiger charge is 2.28. The summed E-state index contributed by atoms with van der Waals surface area (Å²) in [6.45, 7) is 3.91. The van der Waals surface area contributed by atoms with Crippen molar-refractivity contribution >= 4 is 17.5 Å². The quantitative estimate of drug-likeness (QED) is 0.355. The van der Waals surface area contributed by atoms with Crippen molar-refractivity contribution in [3.63, 3.8) is 0 Å². The van der Waals surface area contributed by atoms with Crippen molar-refractivity contribution in [3.8, 4) is 0 Å². The van der Waals surface area contributed by atoms with E-state index in [1.54, 1.807) is 20.8 Å². The molecule has 0 bridgehead atoms. The van der Waals surface area contributed by atoms with E-state index in [0.717, 1.165) is 0 Å². The molecule has 0 aliphatic heterocycles. The molecule has 0 fully saturated rings. The summed E-state index contributed by atoms with van der Waals surface area (Å²) in [6.07, 6.45) is -2.16. The number of hydrogen-bond acceptors (Lipinski definition) is 7. The average molecular weight is 397 g/mol. The molecule has 2 atom stereocenters. The number of aliphatic hydroxyl groups is 4. The summed E-state index contributed by atoms with van der Waals surface area (Å²) in [5, 5.41) is 37.2. The Hall–Kier alpha value is -2.20. The largest absolute Gasteiger partial charge is 0.398 e. The predicted octanol–water partition coefficient (Wildman–Crippen LogP) is -0.956. The molecule has 0 radical (unpaired) electrons. The van der Waals surface area contributed by atoms with Gasteiger partial charge in [0, 0.05) is 44.0 Å². The van der Waals surface area contributed by atoms with Crippen LogP contribution in [0.25, 0.3) is 0 Å². The molecule has 0 heterocycles. The van der Waals surface area contributed by atoms with Crippen LogP contribution in [0.1, 0.15) is 37.4 Å². The molecule has 0 aromatic heterocycles. The third-order valence-corrected chi connectivity index (χ3v) is 4.82. The lowest BCUT2D eigenvalue weighted by molar-refractivity contribution is 0.0515. The Balaban J connectivity index is 3.42. The van der Waals surface area contributed by atoms with Gasteiger partial charge in [0.15, 0.2) is 0 Å². The molecular weight excluding hydrogens is 366 g/mol. The van der Waals surface area contributed by atoms with Gasteiger partial charge in [-0.3, -0.25) is 9.59 Å². The van der Waals surface area contributed by atoms with E-state index >= 15 is 0 Å². The van der Waals surface area contributed by atoms with Gasteiger partial charge in [-0.25, -0.2) is 0 Å². The average Bonchev–Trinajstić information content (AvgIpc) is 2.65. The molecule has 0 aliphatic rings. The van der Waals surface area contributed by atoms with Crippen LogP contribution in [0.15, 0.2) is 0 Å². The van der Waals surface area contributed by atoms with Gasteiger partial charge in [-0.05, 0) is 37.5 Å². The molecule has 2 unspecified atom stereocenters. The molecule has 6 N–H and O–H groups in total. The molecule has 0 aliphatic carbocycles. The third kappa shape index (κ3) is 4.99. The maximum atomic E-state index is 12.9. The fourth-order valence-corrected chi connectivity index (χ4v) is 3.17. The van der Waals surface area contributed by atoms with Gasteiger partial charge in [0.25, 0.3) is 11.8 Å². The van der Waals surface area contributed by atoms with Gasteiger partial charge in [-0.1, -0.05) is 0 Å². The Kier molecular flexibility index (Phi) is 8.37. The summed E-state index contributed by atoms with van der Waals surface area (Å²) in [7, 11) is 2.97. The first-order valence-corrected chi connectivity index (χ1v) is 8.95. The van der Waals surface area contributed by atoms with Crippen molar-refractivity contribution < 1.29 is 30.0 Å². The molecular formula is C19H31N3O6. The van der Waals surface area contributed by atoms with Crippen LogP contribution in [0.4, 0.5) is 5.69 Å². The highest BCUT2D eigenvalue weighted by Crippen LogP contribution is 2.30. The zero-order valence-corrected chi connectivity index (χ0v) is 17.1. The fraction of sp³-hybridized carbons (Fsp3) is 0.579. The third-order valence-electron chi connectivity index (χ3n) is 4.82. The molecule has 1 aromatic rings. The fourth-order valence-electron chi connectivity index (χ4n) is 3.17. The highest BCUT2D eigenvalue weighted by molar-refractivity contribution is 6.05. The summed E-state index contributed by atoms with van der Waals surface area (Å²) in [5.41, 5.74) is 8.49. The van der Waals surface area contributed by atoms with Gasteiger partial charge < -0.3 is 36.0 Å². The Morgan fingerprint density at radius 3 is 1.43 bits per heavy atom. The molecule has 158 valence electrons. The number of carbonyl (C=O) groups is 2. The minimum atomic E-state index is -1.08. The van der Waals surface area contributed by atoms with Crippen LogP contribution in [0, 0.1) is 20.8 Å². The summed E-state index contributed by atoms with van der Waals surface area (Å²) < 4.78 is 0. The lowest BCUT2D eigenvalue weighted by atomic mass is 9.90. The number of anilines is 1. The van der Waals surface area contributed by atoms with Crippen LogP contribution in [0.5, 0.6) is 0 Å². The lowest BCUT2D eigenvalue weighted by Crippen LogP contribution is -2.38. The number of amides is 2. The monoisotopic (exact) mass is 397 g/mol. The molecule has 1 aromatic carbocycles. The van der Waals surface area contributed by atoms with Crippen molar-refractivity contribution in [1.29, 1.82) is 0 Å². The van der Waals surface area contributed by atoms with Crippen LogP contribution in [0.2, 0.25) is 0 Å². The van der Waals surface area contributed by atoms with E-state index in [1.165, 1.54) is 23.9 Å². The van der Waals surface area contributed by atoms with Crippen molar-refractivity contribution in [1.82, 2.24) is 9.80 Å². The molecule has 0 saturated carbocycles.